The van der Waals surface area contributed by atoms with Gasteiger partial charge in [-0.15, -0.1) is 0 Å². The summed E-state index contributed by atoms with van der Waals surface area (Å²) in [7, 11) is 0. The molecule has 0 aliphatic carbocycles. The number of aromatic amines is 1. The highest BCUT2D eigenvalue weighted by atomic mass is 35.5. The molecule has 1 fully saturated rings. The van der Waals surface area contributed by atoms with E-state index in [1.165, 1.54) is 0 Å². The molecule has 11 nitrogen and oxygen atoms in total. The lowest BCUT2D eigenvalue weighted by atomic mass is 9.99. The molecule has 5 heterocycles. The van der Waals surface area contributed by atoms with E-state index in [1.807, 2.05) is 52.8 Å². The molecule has 236 valence electrons. The zero-order valence-electron chi connectivity index (χ0n) is 26.6. The van der Waals surface area contributed by atoms with Gasteiger partial charge >= 0.3 is 6.09 Å². The topological polar surface area (TPSA) is 126 Å². The molecule has 1 saturated heterocycles. The molecule has 4 aromatic rings. The fourth-order valence-electron chi connectivity index (χ4n) is 5.95. The Morgan fingerprint density at radius 2 is 1.93 bits per heavy atom. The molecule has 12 heteroatoms. The number of halogens is 1. The fraction of sp³-hybridized carbons (Fsp3) is 0.424. The molecular formula is C33H38ClN7O4. The third kappa shape index (κ3) is 5.65. The minimum absolute atomic E-state index is 0.108. The summed E-state index contributed by atoms with van der Waals surface area (Å²) < 4.78 is 12.1. The number of ether oxygens (including phenoxy) is 2. The average Bonchev–Trinajstić information content (AvgIpc) is 3.40. The van der Waals surface area contributed by atoms with Gasteiger partial charge in [0.1, 0.15) is 28.6 Å². The molecule has 6 rings (SSSR count). The number of benzene rings is 1. The maximum absolute atomic E-state index is 14.5. The van der Waals surface area contributed by atoms with Gasteiger partial charge in [-0.25, -0.2) is 9.78 Å². The molecule has 0 unspecified atom stereocenters. The van der Waals surface area contributed by atoms with Crippen molar-refractivity contribution in [2.45, 2.75) is 66.0 Å². The van der Waals surface area contributed by atoms with E-state index in [0.29, 0.717) is 24.6 Å². The van der Waals surface area contributed by atoms with E-state index in [1.54, 1.807) is 22.2 Å². The van der Waals surface area contributed by atoms with E-state index < -0.39 is 17.7 Å². The summed E-state index contributed by atoms with van der Waals surface area (Å²) >= 11 is 7.16. The molecule has 2 N–H and O–H groups in total. The largest absolute Gasteiger partial charge is 0.489 e. The first-order chi connectivity index (χ1) is 21.3. The summed E-state index contributed by atoms with van der Waals surface area (Å²) in [4.78, 5) is 40.5. The highest BCUT2D eigenvalue weighted by Crippen LogP contribution is 2.46. The number of hydrogen-bond donors (Lipinski definition) is 2. The highest BCUT2D eigenvalue weighted by Gasteiger charge is 2.41. The summed E-state index contributed by atoms with van der Waals surface area (Å²) in [5.41, 5.74) is 5.22. The predicted octanol–water partition coefficient (Wildman–Crippen LogP) is 6.61. The van der Waals surface area contributed by atoms with Gasteiger partial charge in [0.05, 0.1) is 34.8 Å². The lowest BCUT2D eigenvalue weighted by Crippen LogP contribution is -2.58. The van der Waals surface area contributed by atoms with Crippen molar-refractivity contribution < 1.29 is 19.1 Å². The van der Waals surface area contributed by atoms with E-state index in [9.17, 15) is 9.59 Å². The molecule has 1 aromatic carbocycles. The Hall–Kier alpha value is -4.38. The predicted molar refractivity (Wildman–Crippen MR) is 174 cm³/mol. The zero-order valence-corrected chi connectivity index (χ0v) is 27.4. The van der Waals surface area contributed by atoms with Crippen LogP contribution in [0.2, 0.25) is 5.02 Å². The standard InChI is InChI=1S/C33H38ClN7O4/c1-17(2)26-27(19(4)10-11-35-26)37-30-24-29(25(34)28(38-30)23-18(3)8-9-22-21(23)14-36-39-22)44-16-20-15-40(12-13-41(20)31(24)42)32(43)45-33(5,6)7/h8-11,14,17,20H,12-13,15-16H2,1-7H3,(H,36,39)(H,37,38)/t20-/m1/s1. The maximum Gasteiger partial charge on any atom is 0.410 e. The lowest BCUT2D eigenvalue weighted by molar-refractivity contribution is 0.000958. The van der Waals surface area contributed by atoms with Crippen LogP contribution in [0.5, 0.6) is 5.75 Å². The number of anilines is 2. The van der Waals surface area contributed by atoms with E-state index in [2.05, 4.69) is 34.3 Å². The first kappa shape index (κ1) is 30.6. The Morgan fingerprint density at radius 3 is 2.67 bits per heavy atom. The molecule has 2 amide bonds. The van der Waals surface area contributed by atoms with Gasteiger partial charge in [-0.2, -0.15) is 5.10 Å². The van der Waals surface area contributed by atoms with E-state index >= 15 is 0 Å². The molecular weight excluding hydrogens is 594 g/mol. The van der Waals surface area contributed by atoms with Crippen molar-refractivity contribution in [2.75, 3.05) is 31.6 Å². The smallest absolute Gasteiger partial charge is 0.410 e. The second-order valence-electron chi connectivity index (χ2n) is 13.0. The van der Waals surface area contributed by atoms with Crippen LogP contribution in [0.4, 0.5) is 16.3 Å². The Balaban J connectivity index is 1.50. The SMILES string of the molecule is Cc1ccnc(C(C)C)c1Nc1nc(-c2c(C)ccc3[nH]ncc23)c(Cl)c2c1C(=O)N1CCN(C(=O)OC(C)(C)C)C[C@@H]1CO2. The second kappa shape index (κ2) is 11.5. The molecule has 0 spiro atoms. The molecule has 2 aliphatic heterocycles. The van der Waals surface area contributed by atoms with E-state index in [4.69, 9.17) is 26.1 Å². The van der Waals surface area contributed by atoms with Crippen molar-refractivity contribution in [2.24, 2.45) is 0 Å². The number of piperazine rings is 1. The Kier molecular flexibility index (Phi) is 7.84. The van der Waals surface area contributed by atoms with Crippen LogP contribution in [0, 0.1) is 13.8 Å². The number of pyridine rings is 2. The van der Waals surface area contributed by atoms with Gasteiger partial charge < -0.3 is 24.6 Å². The first-order valence-corrected chi connectivity index (χ1v) is 15.5. The monoisotopic (exact) mass is 631 g/mol. The van der Waals surface area contributed by atoms with Gasteiger partial charge in [0.25, 0.3) is 5.91 Å². The van der Waals surface area contributed by atoms with Crippen molar-refractivity contribution in [1.82, 2.24) is 30.0 Å². The Labute approximate surface area is 267 Å². The van der Waals surface area contributed by atoms with Gasteiger partial charge in [-0.05, 0) is 63.8 Å². The van der Waals surface area contributed by atoms with Gasteiger partial charge in [-0.3, -0.25) is 14.9 Å². The number of amides is 2. The maximum atomic E-state index is 14.5. The lowest BCUT2D eigenvalue weighted by Gasteiger charge is -2.40. The third-order valence-corrected chi connectivity index (χ3v) is 8.52. The number of H-pyrrole nitrogens is 1. The Bertz CT molecular complexity index is 1810. The van der Waals surface area contributed by atoms with Crippen LogP contribution in [-0.4, -0.2) is 79.8 Å². The van der Waals surface area contributed by atoms with Crippen molar-refractivity contribution in [3.05, 3.63) is 58.0 Å². The number of carbonyl (C=O) groups is 2. The minimum Gasteiger partial charge on any atom is -0.489 e. The number of rotatable bonds is 4. The Morgan fingerprint density at radius 1 is 1.16 bits per heavy atom. The van der Waals surface area contributed by atoms with Crippen LogP contribution in [0.1, 0.15) is 67.7 Å². The summed E-state index contributed by atoms with van der Waals surface area (Å²) in [6.45, 7) is 14.6. The van der Waals surface area contributed by atoms with Gasteiger partial charge in [0, 0.05) is 36.8 Å². The number of nitrogens with zero attached hydrogens (tertiary/aromatic N) is 5. The van der Waals surface area contributed by atoms with Crippen molar-refractivity contribution in [3.8, 4) is 17.0 Å². The van der Waals surface area contributed by atoms with E-state index in [-0.39, 0.29) is 41.3 Å². The second-order valence-corrected chi connectivity index (χ2v) is 13.4. The van der Waals surface area contributed by atoms with Gasteiger partial charge in [-0.1, -0.05) is 31.5 Å². The molecule has 0 saturated carbocycles. The van der Waals surface area contributed by atoms with Crippen LogP contribution in [-0.2, 0) is 4.74 Å². The average molecular weight is 632 g/mol. The number of carbonyl (C=O) groups excluding carboxylic acids is 2. The highest BCUT2D eigenvalue weighted by molar-refractivity contribution is 6.36. The van der Waals surface area contributed by atoms with Crippen LogP contribution >= 0.6 is 11.6 Å². The molecule has 3 aromatic heterocycles. The molecule has 1 atom stereocenters. The molecule has 0 radical (unpaired) electrons. The van der Waals surface area contributed by atoms with Crippen molar-refractivity contribution >= 4 is 46.0 Å². The number of nitrogens with one attached hydrogen (secondary N) is 2. The summed E-state index contributed by atoms with van der Waals surface area (Å²) in [5.74, 6) is 0.407. The summed E-state index contributed by atoms with van der Waals surface area (Å²) in [6.07, 6.45) is 3.11. The van der Waals surface area contributed by atoms with Crippen LogP contribution < -0.4 is 10.1 Å². The van der Waals surface area contributed by atoms with Crippen molar-refractivity contribution in [1.29, 1.82) is 0 Å². The molecule has 45 heavy (non-hydrogen) atoms. The zero-order chi connectivity index (χ0) is 32.2. The quantitative estimate of drug-likeness (QED) is 0.258. The number of fused-ring (bicyclic) bond motifs is 3. The van der Waals surface area contributed by atoms with Crippen LogP contribution in [0.3, 0.4) is 0 Å². The van der Waals surface area contributed by atoms with Crippen LogP contribution in [0.25, 0.3) is 22.2 Å². The third-order valence-electron chi connectivity index (χ3n) is 8.17. The van der Waals surface area contributed by atoms with Gasteiger partial charge in [0.2, 0.25) is 0 Å². The summed E-state index contributed by atoms with van der Waals surface area (Å²) in [6, 6.07) is 5.44. The molecule has 2 aliphatic rings. The van der Waals surface area contributed by atoms with E-state index in [0.717, 1.165) is 39.0 Å². The van der Waals surface area contributed by atoms with Gasteiger partial charge in [0.15, 0.2) is 5.75 Å². The molecule has 0 bridgehead atoms. The summed E-state index contributed by atoms with van der Waals surface area (Å²) in [5, 5.41) is 11.8. The number of hydrogen-bond acceptors (Lipinski definition) is 8. The van der Waals surface area contributed by atoms with Crippen LogP contribution in [0.15, 0.2) is 30.6 Å². The number of aryl methyl sites for hydroxylation is 2. The van der Waals surface area contributed by atoms with Crippen molar-refractivity contribution in [3.63, 3.8) is 0 Å². The minimum atomic E-state index is -0.633. The number of aromatic nitrogens is 4. The normalized spacial score (nSPS) is 16.7. The fourth-order valence-corrected chi connectivity index (χ4v) is 6.24. The first-order valence-electron chi connectivity index (χ1n) is 15.1.